The van der Waals surface area contributed by atoms with Crippen molar-refractivity contribution >= 4 is 11.8 Å². The van der Waals surface area contributed by atoms with Crippen LogP contribution in [0.2, 0.25) is 0 Å². The van der Waals surface area contributed by atoms with Crippen LogP contribution in [0.3, 0.4) is 0 Å². The van der Waals surface area contributed by atoms with Gasteiger partial charge in [-0.05, 0) is 44.8 Å². The lowest BCUT2D eigenvalue weighted by atomic mass is 9.83. The van der Waals surface area contributed by atoms with Crippen molar-refractivity contribution in [3.63, 3.8) is 0 Å². The quantitative estimate of drug-likeness (QED) is 0.605. The van der Waals surface area contributed by atoms with Gasteiger partial charge in [-0.1, -0.05) is 44.1 Å². The first kappa shape index (κ1) is 17.8. The highest BCUT2D eigenvalue weighted by molar-refractivity contribution is 6.03. The monoisotopic (exact) mass is 338 g/mol. The smallest absolute Gasteiger partial charge is 0.201 e. The van der Waals surface area contributed by atoms with Crippen LogP contribution in [0.4, 0.5) is 0 Å². The van der Waals surface area contributed by atoms with E-state index in [9.17, 15) is 0 Å². The van der Waals surface area contributed by atoms with Gasteiger partial charge in [0.1, 0.15) is 5.84 Å². The van der Waals surface area contributed by atoms with Crippen molar-refractivity contribution in [3.8, 4) is 12.3 Å². The summed E-state index contributed by atoms with van der Waals surface area (Å²) >= 11 is 0. The van der Waals surface area contributed by atoms with Crippen LogP contribution in [0, 0.1) is 18.3 Å². The second-order valence-corrected chi connectivity index (χ2v) is 7.37. The summed E-state index contributed by atoms with van der Waals surface area (Å²) in [6.07, 6.45) is 22.2. The molecule has 2 aliphatic carbocycles. The molecule has 0 aromatic heterocycles. The molecule has 4 heteroatoms. The molecule has 0 bridgehead atoms. The Kier molecular flexibility index (Phi) is 6.33. The molecule has 3 aliphatic rings. The van der Waals surface area contributed by atoms with Crippen LogP contribution in [-0.4, -0.2) is 23.9 Å². The Labute approximate surface area is 152 Å². The van der Waals surface area contributed by atoms with Gasteiger partial charge >= 0.3 is 0 Å². The Morgan fingerprint density at radius 3 is 2.76 bits per heavy atom. The summed E-state index contributed by atoms with van der Waals surface area (Å²) < 4.78 is 0. The normalized spacial score (nSPS) is 29.7. The number of nitrogens with one attached hydrogen (secondary N) is 2. The Balaban J connectivity index is 1.74. The summed E-state index contributed by atoms with van der Waals surface area (Å²) in [7, 11) is 0. The lowest BCUT2D eigenvalue weighted by Crippen LogP contribution is -2.52. The fourth-order valence-corrected chi connectivity index (χ4v) is 4.07. The summed E-state index contributed by atoms with van der Waals surface area (Å²) in [5.74, 6) is 4.98. The standard InChI is InChI=1S/C21H30N4/c1-3-4-6-11-16(2)22-21-24-19-15-10-9-14-18(19)20(25-21)23-17-12-7-5-8-13-17/h1,4,6,11,17-19H,5,7-10,12-15H2,2H3,(H2,22,23,24,25)/b6-4-,16-11+/t18-,19+/m1/s1. The van der Waals surface area contributed by atoms with Crippen LogP contribution in [0.25, 0.3) is 0 Å². The van der Waals surface area contributed by atoms with E-state index >= 15 is 0 Å². The van der Waals surface area contributed by atoms with Crippen molar-refractivity contribution in [1.29, 1.82) is 0 Å². The van der Waals surface area contributed by atoms with Gasteiger partial charge in [0, 0.05) is 11.6 Å². The van der Waals surface area contributed by atoms with E-state index in [1.54, 1.807) is 6.08 Å². The first-order valence-corrected chi connectivity index (χ1v) is 9.75. The minimum absolute atomic E-state index is 0.369. The summed E-state index contributed by atoms with van der Waals surface area (Å²) in [4.78, 5) is 10.1. The highest BCUT2D eigenvalue weighted by Crippen LogP contribution is 2.31. The Morgan fingerprint density at radius 2 is 1.96 bits per heavy atom. The molecule has 0 spiro atoms. The highest BCUT2D eigenvalue weighted by atomic mass is 15.2. The molecule has 2 fully saturated rings. The van der Waals surface area contributed by atoms with Crippen molar-refractivity contribution in [2.75, 3.05) is 0 Å². The van der Waals surface area contributed by atoms with Gasteiger partial charge in [-0.2, -0.15) is 0 Å². The van der Waals surface area contributed by atoms with Crippen LogP contribution in [0.15, 0.2) is 33.9 Å². The zero-order chi connectivity index (χ0) is 17.5. The second kappa shape index (κ2) is 8.89. The van der Waals surface area contributed by atoms with Crippen LogP contribution in [0.5, 0.6) is 0 Å². The molecule has 134 valence electrons. The van der Waals surface area contributed by atoms with Gasteiger partial charge < -0.3 is 10.6 Å². The Morgan fingerprint density at radius 1 is 1.20 bits per heavy atom. The first-order valence-electron chi connectivity index (χ1n) is 9.75. The number of amidine groups is 1. The molecule has 2 atom stereocenters. The molecule has 1 heterocycles. The Hall–Kier alpha value is -2.02. The number of nitrogens with zero attached hydrogens (tertiary/aromatic N) is 2. The first-order chi connectivity index (χ1) is 12.3. The van der Waals surface area contributed by atoms with Crippen LogP contribution >= 0.6 is 0 Å². The number of allylic oxidation sites excluding steroid dienone is 4. The van der Waals surface area contributed by atoms with Crippen LogP contribution < -0.4 is 10.6 Å². The van der Waals surface area contributed by atoms with E-state index in [2.05, 4.69) is 16.6 Å². The van der Waals surface area contributed by atoms with E-state index in [0.717, 1.165) is 11.7 Å². The van der Waals surface area contributed by atoms with Crippen molar-refractivity contribution in [3.05, 3.63) is 23.9 Å². The van der Waals surface area contributed by atoms with Crippen molar-refractivity contribution in [2.45, 2.75) is 76.8 Å². The number of rotatable bonds is 3. The van der Waals surface area contributed by atoms with Gasteiger partial charge in [-0.3, -0.25) is 4.99 Å². The second-order valence-electron chi connectivity index (χ2n) is 7.37. The zero-order valence-electron chi connectivity index (χ0n) is 15.3. The van der Waals surface area contributed by atoms with Gasteiger partial charge in [0.15, 0.2) is 0 Å². The van der Waals surface area contributed by atoms with Crippen LogP contribution in [0.1, 0.15) is 64.7 Å². The SMILES string of the molecule is C#C/C=C\C=C(/C)NC1=N[C@H]2CCCC[C@H]2C(=NC2CCCCC2)N1. The van der Waals surface area contributed by atoms with Crippen molar-refractivity contribution in [2.24, 2.45) is 15.9 Å². The van der Waals surface area contributed by atoms with Gasteiger partial charge in [0.25, 0.3) is 0 Å². The summed E-state index contributed by atoms with van der Waals surface area (Å²) in [6, 6.07) is 0.863. The largest absolute Gasteiger partial charge is 0.330 e. The maximum absolute atomic E-state index is 5.24. The number of hydrogen-bond donors (Lipinski definition) is 2. The molecule has 0 unspecified atom stereocenters. The highest BCUT2D eigenvalue weighted by Gasteiger charge is 2.34. The summed E-state index contributed by atoms with van der Waals surface area (Å²) in [5, 5.41) is 6.88. The van der Waals surface area contributed by atoms with Gasteiger partial charge in [-0.15, -0.1) is 6.42 Å². The fourth-order valence-electron chi connectivity index (χ4n) is 4.07. The predicted octanol–water partition coefficient (Wildman–Crippen LogP) is 3.92. The van der Waals surface area contributed by atoms with E-state index in [1.165, 1.54) is 63.6 Å². The molecule has 0 aromatic carbocycles. The van der Waals surface area contributed by atoms with E-state index in [-0.39, 0.29) is 0 Å². The summed E-state index contributed by atoms with van der Waals surface area (Å²) in [5.41, 5.74) is 1.02. The maximum atomic E-state index is 5.24. The molecule has 25 heavy (non-hydrogen) atoms. The number of aliphatic imine (C=N–C) groups is 2. The fraction of sp³-hybridized carbons (Fsp3) is 0.619. The molecule has 0 aromatic rings. The molecule has 0 radical (unpaired) electrons. The third-order valence-corrected chi connectivity index (χ3v) is 5.37. The third kappa shape index (κ3) is 4.98. The van der Waals surface area contributed by atoms with Crippen LogP contribution in [-0.2, 0) is 0 Å². The maximum Gasteiger partial charge on any atom is 0.201 e. The third-order valence-electron chi connectivity index (χ3n) is 5.37. The molecular weight excluding hydrogens is 308 g/mol. The molecule has 3 rings (SSSR count). The van der Waals surface area contributed by atoms with Gasteiger partial charge in [0.05, 0.1) is 12.1 Å². The number of fused-ring (bicyclic) bond motifs is 1. The molecule has 0 amide bonds. The summed E-state index contributed by atoms with van der Waals surface area (Å²) in [6.45, 7) is 2.02. The topological polar surface area (TPSA) is 48.8 Å². The average molecular weight is 338 g/mol. The predicted molar refractivity (Wildman–Crippen MR) is 105 cm³/mol. The van der Waals surface area contributed by atoms with Crippen molar-refractivity contribution < 1.29 is 0 Å². The zero-order valence-corrected chi connectivity index (χ0v) is 15.3. The minimum atomic E-state index is 0.369. The molecule has 2 N–H and O–H groups in total. The lowest BCUT2D eigenvalue weighted by molar-refractivity contribution is 0.365. The molecule has 1 aliphatic heterocycles. The van der Waals surface area contributed by atoms with E-state index in [1.807, 2.05) is 19.1 Å². The molecule has 2 saturated carbocycles. The van der Waals surface area contributed by atoms with Crippen molar-refractivity contribution in [1.82, 2.24) is 10.6 Å². The molecular formula is C21H30N4. The van der Waals surface area contributed by atoms with E-state index in [0.29, 0.717) is 18.0 Å². The molecule has 0 saturated heterocycles. The van der Waals surface area contributed by atoms with Gasteiger partial charge in [-0.25, -0.2) is 4.99 Å². The lowest BCUT2D eigenvalue weighted by Gasteiger charge is -2.36. The minimum Gasteiger partial charge on any atom is -0.330 e. The number of hydrogen-bond acceptors (Lipinski definition) is 3. The van der Waals surface area contributed by atoms with Gasteiger partial charge in [0.2, 0.25) is 5.96 Å². The van der Waals surface area contributed by atoms with E-state index in [4.69, 9.17) is 16.4 Å². The molecule has 4 nitrogen and oxygen atoms in total. The average Bonchev–Trinajstić information content (AvgIpc) is 2.63. The Bertz CT molecular complexity index is 614. The number of terminal acetylenes is 1. The number of guanidine groups is 1. The van der Waals surface area contributed by atoms with E-state index < -0.39 is 0 Å².